The molecule has 2 aromatic carbocycles. The molecule has 19 heavy (non-hydrogen) atoms. The number of rotatable bonds is 2. The van der Waals surface area contributed by atoms with Gasteiger partial charge in [-0.05, 0) is 35.7 Å². The van der Waals surface area contributed by atoms with Crippen molar-refractivity contribution in [1.29, 1.82) is 0 Å². The van der Waals surface area contributed by atoms with Crippen LogP contribution in [0.25, 0.3) is 0 Å². The zero-order chi connectivity index (χ0) is 13.4. The number of amides is 1. The van der Waals surface area contributed by atoms with Gasteiger partial charge in [-0.1, -0.05) is 40.2 Å². The van der Waals surface area contributed by atoms with E-state index in [1.54, 1.807) is 6.07 Å². The lowest BCUT2D eigenvalue weighted by Gasteiger charge is -2.09. The molecule has 1 aliphatic heterocycles. The van der Waals surface area contributed by atoms with Crippen LogP contribution in [0.4, 0.5) is 11.4 Å². The Morgan fingerprint density at radius 3 is 2.63 bits per heavy atom. The van der Waals surface area contributed by atoms with Gasteiger partial charge < -0.3 is 11.1 Å². The summed E-state index contributed by atoms with van der Waals surface area (Å²) in [6.45, 7) is 0. The van der Waals surface area contributed by atoms with E-state index in [0.29, 0.717) is 12.1 Å². The molecule has 1 amide bonds. The number of para-hydroxylation sites is 1. The maximum Gasteiger partial charge on any atom is 0.232 e. The van der Waals surface area contributed by atoms with Crippen molar-refractivity contribution >= 4 is 33.2 Å². The van der Waals surface area contributed by atoms with Crippen LogP contribution < -0.4 is 11.1 Å². The Kier molecular flexibility index (Phi) is 3.03. The number of hydrogen-bond acceptors (Lipinski definition) is 2. The van der Waals surface area contributed by atoms with Gasteiger partial charge in [-0.3, -0.25) is 4.79 Å². The summed E-state index contributed by atoms with van der Waals surface area (Å²) in [6, 6.07) is 13.7. The third-order valence-electron chi connectivity index (χ3n) is 3.42. The Hall–Kier alpha value is -1.81. The molecule has 96 valence electrons. The molecular formula is C15H13BrN2O. The molecule has 1 heterocycles. The molecule has 0 radical (unpaired) electrons. The molecule has 2 aromatic rings. The largest absolute Gasteiger partial charge is 0.397 e. The normalized spacial score (nSPS) is 17.1. The highest BCUT2D eigenvalue weighted by atomic mass is 79.9. The first-order valence-corrected chi connectivity index (χ1v) is 6.88. The van der Waals surface area contributed by atoms with Gasteiger partial charge in [-0.15, -0.1) is 0 Å². The number of nitrogens with two attached hydrogens (primary N) is 1. The molecule has 0 aromatic heterocycles. The first-order valence-electron chi connectivity index (χ1n) is 6.09. The average Bonchev–Trinajstić information content (AvgIpc) is 2.71. The monoisotopic (exact) mass is 316 g/mol. The molecule has 0 saturated carbocycles. The summed E-state index contributed by atoms with van der Waals surface area (Å²) in [5.41, 5.74) is 9.42. The summed E-state index contributed by atoms with van der Waals surface area (Å²) < 4.78 is 1.04. The SMILES string of the molecule is Nc1cccc2c1NC(=O)C2Cc1ccc(Br)cc1. The smallest absolute Gasteiger partial charge is 0.232 e. The predicted molar refractivity (Wildman–Crippen MR) is 80.1 cm³/mol. The van der Waals surface area contributed by atoms with Gasteiger partial charge in [0.15, 0.2) is 0 Å². The van der Waals surface area contributed by atoms with Crippen molar-refractivity contribution in [2.45, 2.75) is 12.3 Å². The van der Waals surface area contributed by atoms with E-state index in [0.717, 1.165) is 21.3 Å². The highest BCUT2D eigenvalue weighted by Gasteiger charge is 2.31. The fourth-order valence-corrected chi connectivity index (χ4v) is 2.70. The number of nitrogens with one attached hydrogen (secondary N) is 1. The Morgan fingerprint density at radius 2 is 1.89 bits per heavy atom. The van der Waals surface area contributed by atoms with E-state index < -0.39 is 0 Å². The summed E-state index contributed by atoms with van der Waals surface area (Å²) in [5.74, 6) is -0.129. The van der Waals surface area contributed by atoms with E-state index in [4.69, 9.17) is 5.73 Å². The van der Waals surface area contributed by atoms with Crippen LogP contribution in [0.2, 0.25) is 0 Å². The molecule has 1 aliphatic rings. The zero-order valence-corrected chi connectivity index (χ0v) is 11.8. The predicted octanol–water partition coefficient (Wildman–Crippen LogP) is 3.31. The van der Waals surface area contributed by atoms with E-state index in [-0.39, 0.29) is 11.8 Å². The molecule has 0 spiro atoms. The van der Waals surface area contributed by atoms with Crippen molar-refractivity contribution in [3.05, 3.63) is 58.1 Å². The summed E-state index contributed by atoms with van der Waals surface area (Å²) in [4.78, 5) is 12.1. The summed E-state index contributed by atoms with van der Waals surface area (Å²) in [6.07, 6.45) is 0.690. The number of hydrogen-bond donors (Lipinski definition) is 2. The third-order valence-corrected chi connectivity index (χ3v) is 3.95. The fraction of sp³-hybridized carbons (Fsp3) is 0.133. The molecule has 0 aliphatic carbocycles. The molecule has 0 saturated heterocycles. The van der Waals surface area contributed by atoms with E-state index in [9.17, 15) is 4.79 Å². The first-order chi connectivity index (χ1) is 9.15. The maximum absolute atomic E-state index is 12.1. The van der Waals surface area contributed by atoms with E-state index in [2.05, 4.69) is 21.2 Å². The van der Waals surface area contributed by atoms with E-state index in [1.165, 1.54) is 0 Å². The second-order valence-corrected chi connectivity index (χ2v) is 5.60. The Bertz CT molecular complexity index is 637. The number of nitrogen functional groups attached to an aromatic ring is 1. The minimum absolute atomic E-state index is 0.0239. The molecule has 1 atom stereocenters. The highest BCUT2D eigenvalue weighted by molar-refractivity contribution is 9.10. The number of carbonyl (C=O) groups is 1. The lowest BCUT2D eigenvalue weighted by molar-refractivity contribution is -0.117. The number of anilines is 2. The summed E-state index contributed by atoms with van der Waals surface area (Å²) >= 11 is 3.41. The minimum atomic E-state index is -0.153. The van der Waals surface area contributed by atoms with Crippen LogP contribution in [-0.4, -0.2) is 5.91 Å². The molecule has 3 rings (SSSR count). The van der Waals surface area contributed by atoms with Gasteiger partial charge in [0, 0.05) is 4.47 Å². The molecule has 3 N–H and O–H groups in total. The molecular weight excluding hydrogens is 304 g/mol. The van der Waals surface area contributed by atoms with Crippen LogP contribution >= 0.6 is 15.9 Å². The van der Waals surface area contributed by atoms with Crippen molar-refractivity contribution in [3.63, 3.8) is 0 Å². The van der Waals surface area contributed by atoms with Crippen LogP contribution in [0.15, 0.2) is 46.9 Å². The van der Waals surface area contributed by atoms with Gasteiger partial charge in [0.05, 0.1) is 17.3 Å². The van der Waals surface area contributed by atoms with Gasteiger partial charge in [0.1, 0.15) is 0 Å². The lowest BCUT2D eigenvalue weighted by Crippen LogP contribution is -2.14. The zero-order valence-electron chi connectivity index (χ0n) is 10.2. The van der Waals surface area contributed by atoms with Crippen LogP contribution in [0.3, 0.4) is 0 Å². The molecule has 3 nitrogen and oxygen atoms in total. The Labute approximate surface area is 119 Å². The van der Waals surface area contributed by atoms with Crippen molar-refractivity contribution in [1.82, 2.24) is 0 Å². The van der Waals surface area contributed by atoms with Gasteiger partial charge in [0.25, 0.3) is 0 Å². The Balaban J connectivity index is 1.92. The van der Waals surface area contributed by atoms with E-state index in [1.807, 2.05) is 36.4 Å². The van der Waals surface area contributed by atoms with Crippen LogP contribution in [0.5, 0.6) is 0 Å². The van der Waals surface area contributed by atoms with Crippen LogP contribution in [0.1, 0.15) is 17.0 Å². The van der Waals surface area contributed by atoms with Crippen LogP contribution in [0, 0.1) is 0 Å². The van der Waals surface area contributed by atoms with Crippen molar-refractivity contribution in [3.8, 4) is 0 Å². The van der Waals surface area contributed by atoms with Gasteiger partial charge >= 0.3 is 0 Å². The first kappa shape index (κ1) is 12.2. The van der Waals surface area contributed by atoms with E-state index >= 15 is 0 Å². The van der Waals surface area contributed by atoms with Crippen molar-refractivity contribution in [2.75, 3.05) is 11.1 Å². The van der Waals surface area contributed by atoms with Crippen molar-refractivity contribution in [2.24, 2.45) is 0 Å². The lowest BCUT2D eigenvalue weighted by atomic mass is 9.93. The number of fused-ring (bicyclic) bond motifs is 1. The van der Waals surface area contributed by atoms with Gasteiger partial charge in [-0.25, -0.2) is 0 Å². The van der Waals surface area contributed by atoms with Crippen LogP contribution in [-0.2, 0) is 11.2 Å². The maximum atomic E-state index is 12.1. The molecule has 4 heteroatoms. The standard InChI is InChI=1S/C15H13BrN2O/c16-10-6-4-9(5-7-10)8-12-11-2-1-3-13(17)14(11)18-15(12)19/h1-7,12H,8,17H2,(H,18,19). The third kappa shape index (κ3) is 2.24. The summed E-state index contributed by atoms with van der Waals surface area (Å²) in [5, 5.41) is 2.87. The second-order valence-electron chi connectivity index (χ2n) is 4.68. The minimum Gasteiger partial charge on any atom is -0.397 e. The quantitative estimate of drug-likeness (QED) is 0.835. The molecule has 0 fully saturated rings. The highest BCUT2D eigenvalue weighted by Crippen LogP contribution is 2.38. The second kappa shape index (κ2) is 4.70. The van der Waals surface area contributed by atoms with Gasteiger partial charge in [0.2, 0.25) is 5.91 Å². The fourth-order valence-electron chi connectivity index (χ4n) is 2.43. The molecule has 1 unspecified atom stereocenters. The van der Waals surface area contributed by atoms with Gasteiger partial charge in [-0.2, -0.15) is 0 Å². The topological polar surface area (TPSA) is 55.1 Å². The average molecular weight is 317 g/mol. The van der Waals surface area contributed by atoms with Crippen molar-refractivity contribution < 1.29 is 4.79 Å². The number of halogens is 1. The Morgan fingerprint density at radius 1 is 1.16 bits per heavy atom. The number of carbonyl (C=O) groups excluding carboxylic acids is 1. The molecule has 0 bridgehead atoms. The number of benzene rings is 2. The summed E-state index contributed by atoms with van der Waals surface area (Å²) in [7, 11) is 0.